The van der Waals surface area contributed by atoms with Crippen molar-refractivity contribution in [3.05, 3.63) is 100 Å². The highest BCUT2D eigenvalue weighted by Gasteiger charge is 2.32. The lowest BCUT2D eigenvalue weighted by molar-refractivity contribution is -0.137. The van der Waals surface area contributed by atoms with Crippen LogP contribution in [0.1, 0.15) is 27.0 Å². The number of carboxylic acid groups (broad SMARTS) is 1. The smallest absolute Gasteiger partial charge is 0.416 e. The van der Waals surface area contributed by atoms with E-state index >= 15 is 0 Å². The topological polar surface area (TPSA) is 107 Å². The summed E-state index contributed by atoms with van der Waals surface area (Å²) in [5, 5.41) is 40.4. The molecule has 0 unspecified atom stereocenters. The lowest BCUT2D eigenvalue weighted by Crippen LogP contribution is -2.05. The minimum atomic E-state index is -4.63. The van der Waals surface area contributed by atoms with E-state index in [1.54, 1.807) is 44.2 Å². The predicted octanol–water partition coefficient (Wildman–Crippen LogP) is 9.11. The van der Waals surface area contributed by atoms with Crippen molar-refractivity contribution in [3.63, 3.8) is 0 Å². The van der Waals surface area contributed by atoms with Crippen LogP contribution in [0.3, 0.4) is 0 Å². The Morgan fingerprint density at radius 1 is 0.902 bits per heavy atom. The van der Waals surface area contributed by atoms with Gasteiger partial charge in [0.2, 0.25) is 5.88 Å². The van der Waals surface area contributed by atoms with Crippen molar-refractivity contribution in [1.29, 1.82) is 0 Å². The number of halogens is 4. The number of aromatic nitrogens is 1. The average Bonchev–Trinajstić information content (AvgIpc) is 3.20. The molecule has 1 aromatic heterocycles. The Hall–Kier alpha value is -4.83. The molecule has 5 aromatic rings. The largest absolute Gasteiger partial charge is 0.505 e. The van der Waals surface area contributed by atoms with E-state index in [1.165, 1.54) is 34.9 Å². The van der Waals surface area contributed by atoms with Crippen LogP contribution in [0, 0.1) is 13.8 Å². The van der Waals surface area contributed by atoms with Crippen molar-refractivity contribution in [3.8, 4) is 28.4 Å². The number of benzene rings is 4. The minimum Gasteiger partial charge on any atom is -0.505 e. The maximum atomic E-state index is 13.6. The van der Waals surface area contributed by atoms with Gasteiger partial charge in [0.25, 0.3) is 0 Å². The molecule has 0 bridgehead atoms. The van der Waals surface area contributed by atoms with E-state index in [4.69, 9.17) is 11.6 Å². The monoisotopic (exact) mass is 579 g/mol. The SMILES string of the molecule is Cc1cc(-n2c(O)c(N=Nc3cccc(-c4cccc(C(=O)O)c4)c3O)c3ccc(C(F)(F)F)cc32)cc(C)c1Cl. The molecule has 7 nitrogen and oxygen atoms in total. The van der Waals surface area contributed by atoms with E-state index in [0.29, 0.717) is 27.4 Å². The van der Waals surface area contributed by atoms with Gasteiger partial charge in [0.1, 0.15) is 5.69 Å². The summed E-state index contributed by atoms with van der Waals surface area (Å²) in [6.07, 6.45) is -4.63. The fourth-order valence-electron chi connectivity index (χ4n) is 4.61. The summed E-state index contributed by atoms with van der Waals surface area (Å²) in [5.41, 5.74) is 1.43. The molecule has 41 heavy (non-hydrogen) atoms. The summed E-state index contributed by atoms with van der Waals surface area (Å²) in [5.74, 6) is -1.90. The number of aryl methyl sites for hydroxylation is 2. The van der Waals surface area contributed by atoms with Crippen LogP contribution in [0.15, 0.2) is 83.0 Å². The van der Waals surface area contributed by atoms with E-state index < -0.39 is 23.6 Å². The van der Waals surface area contributed by atoms with Gasteiger partial charge in [-0.05, 0) is 79.1 Å². The number of nitrogens with zero attached hydrogens (tertiary/aromatic N) is 3. The first-order valence-corrected chi connectivity index (χ1v) is 12.5. The third-order valence-corrected chi connectivity index (χ3v) is 7.21. The summed E-state index contributed by atoms with van der Waals surface area (Å²) < 4.78 is 42.1. The quantitative estimate of drug-likeness (QED) is 0.180. The van der Waals surface area contributed by atoms with Gasteiger partial charge in [0.15, 0.2) is 11.4 Å². The van der Waals surface area contributed by atoms with Crippen molar-refractivity contribution >= 4 is 39.8 Å². The molecule has 0 atom stereocenters. The second-order valence-electron chi connectivity index (χ2n) is 9.39. The molecule has 0 spiro atoms. The van der Waals surface area contributed by atoms with Crippen LogP contribution in [-0.2, 0) is 6.18 Å². The number of alkyl halides is 3. The van der Waals surface area contributed by atoms with Crippen molar-refractivity contribution < 1.29 is 33.3 Å². The minimum absolute atomic E-state index is 0.00591. The van der Waals surface area contributed by atoms with Crippen LogP contribution in [-0.4, -0.2) is 25.9 Å². The summed E-state index contributed by atoms with van der Waals surface area (Å²) in [6.45, 7) is 3.48. The molecule has 1 heterocycles. The first kappa shape index (κ1) is 27.7. The second-order valence-corrected chi connectivity index (χ2v) is 9.77. The molecule has 0 fully saturated rings. The molecule has 0 aliphatic rings. The number of aromatic carboxylic acids is 1. The zero-order chi connectivity index (χ0) is 29.6. The van der Waals surface area contributed by atoms with Gasteiger partial charge in [-0.15, -0.1) is 10.2 Å². The highest BCUT2D eigenvalue weighted by Crippen LogP contribution is 2.45. The number of rotatable bonds is 5. The van der Waals surface area contributed by atoms with Gasteiger partial charge >= 0.3 is 12.1 Å². The van der Waals surface area contributed by atoms with E-state index in [0.717, 1.165) is 12.1 Å². The fraction of sp³-hybridized carbons (Fsp3) is 0.100. The van der Waals surface area contributed by atoms with Gasteiger partial charge in [-0.25, -0.2) is 4.79 Å². The number of phenols is 1. The molecule has 208 valence electrons. The molecule has 0 saturated heterocycles. The Bertz CT molecular complexity index is 1860. The van der Waals surface area contributed by atoms with Crippen LogP contribution >= 0.6 is 11.6 Å². The zero-order valence-corrected chi connectivity index (χ0v) is 22.3. The highest BCUT2D eigenvalue weighted by molar-refractivity contribution is 6.32. The molecule has 0 radical (unpaired) electrons. The van der Waals surface area contributed by atoms with Gasteiger partial charge < -0.3 is 15.3 Å². The first-order valence-electron chi connectivity index (χ1n) is 12.2. The number of hydrogen-bond donors (Lipinski definition) is 3. The standard InChI is InChI=1S/C30H21ClF3N3O4/c1-15-11-20(12-16(2)25(15)31)37-24-14-19(30(32,33)34)9-10-22(24)26(28(37)39)36-35-23-8-4-7-21(27(23)38)17-5-3-6-18(13-17)29(40)41/h3-14,38-39H,1-2H3,(H,40,41). The van der Waals surface area contributed by atoms with Crippen molar-refractivity contribution in [2.45, 2.75) is 20.0 Å². The number of hydrogen-bond acceptors (Lipinski definition) is 5. The molecule has 0 aliphatic carbocycles. The Balaban J connectivity index is 1.67. The molecule has 0 aliphatic heterocycles. The molecular formula is C30H21ClF3N3O4. The van der Waals surface area contributed by atoms with Gasteiger partial charge in [0.05, 0.1) is 16.6 Å². The third kappa shape index (κ3) is 5.09. The fourth-order valence-corrected chi connectivity index (χ4v) is 4.72. The third-order valence-electron chi connectivity index (χ3n) is 6.62. The Labute approximate surface area is 236 Å². The average molecular weight is 580 g/mol. The van der Waals surface area contributed by atoms with Crippen molar-refractivity contribution in [2.75, 3.05) is 0 Å². The number of carbonyl (C=O) groups is 1. The second kappa shape index (κ2) is 10.3. The number of fused-ring (bicyclic) bond motifs is 1. The van der Waals surface area contributed by atoms with E-state index in [9.17, 15) is 33.3 Å². The lowest BCUT2D eigenvalue weighted by Gasteiger charge is -2.12. The van der Waals surface area contributed by atoms with E-state index in [1.807, 2.05) is 0 Å². The van der Waals surface area contributed by atoms with Gasteiger partial charge in [-0.3, -0.25) is 4.57 Å². The molecule has 0 saturated carbocycles. The van der Waals surface area contributed by atoms with Crippen molar-refractivity contribution in [2.24, 2.45) is 10.2 Å². The van der Waals surface area contributed by atoms with Crippen LogP contribution < -0.4 is 0 Å². The molecule has 11 heteroatoms. The van der Waals surface area contributed by atoms with Crippen LogP contribution in [0.2, 0.25) is 5.02 Å². The van der Waals surface area contributed by atoms with Crippen LogP contribution in [0.5, 0.6) is 11.6 Å². The van der Waals surface area contributed by atoms with Gasteiger partial charge in [-0.1, -0.05) is 35.9 Å². The Morgan fingerprint density at radius 3 is 2.24 bits per heavy atom. The summed E-state index contributed by atoms with van der Waals surface area (Å²) in [6, 6.07) is 16.8. The molecule has 4 aromatic carbocycles. The first-order chi connectivity index (χ1) is 19.4. The van der Waals surface area contributed by atoms with E-state index in [2.05, 4.69) is 10.2 Å². The number of aromatic hydroxyl groups is 2. The van der Waals surface area contributed by atoms with Gasteiger partial charge in [0, 0.05) is 21.7 Å². The highest BCUT2D eigenvalue weighted by atomic mass is 35.5. The predicted molar refractivity (Wildman–Crippen MR) is 149 cm³/mol. The molecule has 0 amide bonds. The van der Waals surface area contributed by atoms with Gasteiger partial charge in [-0.2, -0.15) is 13.2 Å². The van der Waals surface area contributed by atoms with E-state index in [-0.39, 0.29) is 39.2 Å². The number of azo groups is 1. The van der Waals surface area contributed by atoms with Crippen LogP contribution in [0.25, 0.3) is 27.7 Å². The maximum Gasteiger partial charge on any atom is 0.416 e. The number of para-hydroxylation sites is 1. The number of carboxylic acids is 1. The molecule has 5 rings (SSSR count). The van der Waals surface area contributed by atoms with Crippen molar-refractivity contribution in [1.82, 2.24) is 4.57 Å². The lowest BCUT2D eigenvalue weighted by atomic mass is 10.0. The molecular weight excluding hydrogens is 559 g/mol. The Morgan fingerprint density at radius 2 is 1.59 bits per heavy atom. The molecule has 3 N–H and O–H groups in total. The zero-order valence-electron chi connectivity index (χ0n) is 21.5. The summed E-state index contributed by atoms with van der Waals surface area (Å²) >= 11 is 6.29. The maximum absolute atomic E-state index is 13.6. The summed E-state index contributed by atoms with van der Waals surface area (Å²) in [7, 11) is 0. The van der Waals surface area contributed by atoms with Crippen LogP contribution in [0.4, 0.5) is 24.5 Å². The normalized spacial score (nSPS) is 12.0. The summed E-state index contributed by atoms with van der Waals surface area (Å²) in [4.78, 5) is 11.4. The Kier molecular flexibility index (Phi) is 6.96. The number of phenolic OH excluding ortho intramolecular Hbond substituents is 1.